The average molecular weight is 747 g/mol. The van der Waals surface area contributed by atoms with Crippen molar-refractivity contribution in [2.45, 2.75) is 0 Å². The molecular formula is C54H36N4. The Morgan fingerprint density at radius 3 is 0.672 bits per heavy atom. The lowest BCUT2D eigenvalue weighted by Gasteiger charge is -2.26. The number of anilines is 3. The van der Waals surface area contributed by atoms with Crippen molar-refractivity contribution in [3.05, 3.63) is 218 Å². The van der Waals surface area contributed by atoms with Gasteiger partial charge in [-0.05, 0) is 109 Å². The molecule has 0 bridgehead atoms. The predicted molar refractivity (Wildman–Crippen MR) is 244 cm³/mol. The Kier molecular flexibility index (Phi) is 5.97. The molecule has 4 heteroatoms. The molecule has 0 saturated carbocycles. The minimum Gasteiger partial charge on any atom is -0.310 e. The summed E-state index contributed by atoms with van der Waals surface area (Å²) in [6.45, 7) is 0. The van der Waals surface area contributed by atoms with Crippen LogP contribution in [0.2, 0.25) is 0 Å². The maximum atomic E-state index is 8.35. The van der Waals surface area contributed by atoms with Crippen LogP contribution in [-0.4, -0.2) is 13.7 Å². The SMILES string of the molecule is [2H]c1ccc2c(c1)c1cc([2H])ccc1n2-c1ccc(N(c2ccc(-n3c4ccc([2H])cc4c4cc([2H])ccc43)cc2)c2ccc(-n3c4ccc([2H])cc4c4cc([2H])ccc43)cc2)cc1. The number of benzene rings is 9. The summed E-state index contributed by atoms with van der Waals surface area (Å²) in [5.41, 5.74) is 11.5. The normalized spacial score (nSPS) is 13.2. The van der Waals surface area contributed by atoms with E-state index in [1.807, 2.05) is 72.8 Å². The van der Waals surface area contributed by atoms with Crippen LogP contribution in [0.25, 0.3) is 82.5 Å². The molecule has 3 aromatic heterocycles. The third-order valence-electron chi connectivity index (χ3n) is 11.5. The maximum Gasteiger partial charge on any atom is 0.0623 e. The molecule has 0 saturated heterocycles. The molecule has 0 spiro atoms. The third kappa shape index (κ3) is 4.88. The first-order valence-electron chi connectivity index (χ1n) is 22.3. The number of hydrogen-bond donors (Lipinski definition) is 0. The Bertz CT molecular complexity index is 3270. The van der Waals surface area contributed by atoms with E-state index < -0.39 is 0 Å². The van der Waals surface area contributed by atoms with E-state index >= 15 is 0 Å². The van der Waals surface area contributed by atoms with E-state index in [2.05, 4.69) is 91.4 Å². The van der Waals surface area contributed by atoms with E-state index in [0.29, 0.717) is 36.3 Å². The van der Waals surface area contributed by atoms with Gasteiger partial charge in [-0.15, -0.1) is 0 Å². The molecule has 0 aliphatic carbocycles. The third-order valence-corrected chi connectivity index (χ3v) is 11.5. The average Bonchev–Trinajstić information content (AvgIpc) is 3.91. The fourth-order valence-corrected chi connectivity index (χ4v) is 8.92. The second-order valence-corrected chi connectivity index (χ2v) is 14.6. The molecule has 0 amide bonds. The summed E-state index contributed by atoms with van der Waals surface area (Å²) in [6, 6.07) is 61.9. The fourth-order valence-electron chi connectivity index (χ4n) is 8.92. The molecule has 3 heterocycles. The largest absolute Gasteiger partial charge is 0.310 e. The Labute approximate surface area is 343 Å². The van der Waals surface area contributed by atoms with Crippen LogP contribution in [0.3, 0.4) is 0 Å². The summed E-state index contributed by atoms with van der Waals surface area (Å²) in [7, 11) is 0. The number of fused-ring (bicyclic) bond motifs is 9. The van der Waals surface area contributed by atoms with Gasteiger partial charge in [-0.2, -0.15) is 0 Å². The first-order chi connectivity index (χ1) is 31.2. The second-order valence-electron chi connectivity index (χ2n) is 14.6. The summed E-state index contributed by atoms with van der Waals surface area (Å²) in [4.78, 5) is 2.23. The molecule has 0 radical (unpaired) electrons. The molecule has 12 rings (SSSR count). The van der Waals surface area contributed by atoms with Gasteiger partial charge in [0.15, 0.2) is 0 Å². The molecular weight excluding hydrogens is 705 g/mol. The minimum absolute atomic E-state index is 0.425. The molecule has 9 aromatic carbocycles. The molecule has 58 heavy (non-hydrogen) atoms. The van der Waals surface area contributed by atoms with Crippen molar-refractivity contribution in [2.75, 3.05) is 4.90 Å². The van der Waals surface area contributed by atoms with Crippen LogP contribution in [0, 0.1) is 0 Å². The van der Waals surface area contributed by atoms with Crippen LogP contribution in [0.4, 0.5) is 17.1 Å². The van der Waals surface area contributed by atoms with Crippen LogP contribution in [0.5, 0.6) is 0 Å². The Morgan fingerprint density at radius 2 is 0.466 bits per heavy atom. The second kappa shape index (κ2) is 12.9. The number of rotatable bonds is 6. The van der Waals surface area contributed by atoms with E-state index in [0.717, 1.165) is 99.5 Å². The van der Waals surface area contributed by atoms with Gasteiger partial charge < -0.3 is 18.6 Å². The summed E-state index contributed by atoms with van der Waals surface area (Å²) in [6.07, 6.45) is 0. The van der Waals surface area contributed by atoms with E-state index in [1.54, 1.807) is 36.4 Å². The van der Waals surface area contributed by atoms with Crippen LogP contribution in [0.1, 0.15) is 8.22 Å². The Balaban J connectivity index is 1.00. The highest BCUT2D eigenvalue weighted by molar-refractivity contribution is 6.11. The van der Waals surface area contributed by atoms with Crippen molar-refractivity contribution in [1.29, 1.82) is 0 Å². The smallest absolute Gasteiger partial charge is 0.0623 e. The molecule has 4 nitrogen and oxygen atoms in total. The maximum absolute atomic E-state index is 8.35. The highest BCUT2D eigenvalue weighted by Gasteiger charge is 2.18. The van der Waals surface area contributed by atoms with Crippen molar-refractivity contribution in [1.82, 2.24) is 13.7 Å². The molecule has 0 atom stereocenters. The van der Waals surface area contributed by atoms with Gasteiger partial charge in [-0.3, -0.25) is 0 Å². The van der Waals surface area contributed by atoms with Gasteiger partial charge in [0, 0.05) is 66.4 Å². The fraction of sp³-hybridized carbons (Fsp3) is 0. The van der Waals surface area contributed by atoms with E-state index in [1.165, 1.54) is 0 Å². The van der Waals surface area contributed by atoms with E-state index in [-0.39, 0.29) is 0 Å². The minimum atomic E-state index is 0.425. The monoisotopic (exact) mass is 746 g/mol. The molecule has 272 valence electrons. The van der Waals surface area contributed by atoms with Crippen molar-refractivity contribution < 1.29 is 8.22 Å². The van der Waals surface area contributed by atoms with Gasteiger partial charge in [0.1, 0.15) is 0 Å². The predicted octanol–water partition coefficient (Wildman–Crippen LogP) is 14.4. The number of hydrogen-bond acceptors (Lipinski definition) is 1. The Morgan fingerprint density at radius 1 is 0.259 bits per heavy atom. The highest BCUT2D eigenvalue weighted by Crippen LogP contribution is 2.40. The summed E-state index contributed by atoms with van der Waals surface area (Å²) >= 11 is 0. The van der Waals surface area contributed by atoms with Crippen molar-refractivity contribution >= 4 is 82.5 Å². The number of nitrogens with zero attached hydrogens (tertiary/aromatic N) is 4. The number of para-hydroxylation sites is 6. The molecule has 0 aliphatic heterocycles. The van der Waals surface area contributed by atoms with Crippen LogP contribution in [0.15, 0.2) is 218 Å². The summed E-state index contributed by atoms with van der Waals surface area (Å²) in [5.74, 6) is 0. The quantitative estimate of drug-likeness (QED) is 0.166. The van der Waals surface area contributed by atoms with Gasteiger partial charge in [-0.25, -0.2) is 0 Å². The lowest BCUT2D eigenvalue weighted by Crippen LogP contribution is -2.10. The first-order valence-corrected chi connectivity index (χ1v) is 19.3. The zero-order valence-corrected chi connectivity index (χ0v) is 31.1. The molecule has 0 unspecified atom stereocenters. The van der Waals surface area contributed by atoms with Crippen LogP contribution < -0.4 is 4.90 Å². The van der Waals surface area contributed by atoms with Gasteiger partial charge in [0.05, 0.1) is 41.3 Å². The number of aromatic nitrogens is 3. The first kappa shape index (κ1) is 26.9. The van der Waals surface area contributed by atoms with Gasteiger partial charge >= 0.3 is 0 Å². The molecule has 0 N–H and O–H groups in total. The topological polar surface area (TPSA) is 18.0 Å². The standard InChI is InChI=1S/C54H36N4/c1-7-19-49-43(13-1)44-14-2-8-20-50(44)56(49)40-31-25-37(26-32-40)55(38-27-33-41(34-28-38)57-51-21-9-3-15-45(51)46-16-4-10-22-52(46)57)39-29-35-42(36-30-39)58-53-23-11-5-17-47(53)48-18-6-12-24-54(48)58/h1-36H/i1D,2D,3D,4D,5D,6D. The molecule has 0 fully saturated rings. The summed E-state index contributed by atoms with van der Waals surface area (Å²) < 4.78 is 56.7. The lowest BCUT2D eigenvalue weighted by atomic mass is 10.1. The Hall–Kier alpha value is -7.82. The van der Waals surface area contributed by atoms with Crippen molar-refractivity contribution in [3.8, 4) is 17.1 Å². The van der Waals surface area contributed by atoms with Crippen molar-refractivity contribution in [3.63, 3.8) is 0 Å². The summed E-state index contributed by atoms with van der Waals surface area (Å²) in [5, 5.41) is 5.64. The highest BCUT2D eigenvalue weighted by atomic mass is 15.1. The van der Waals surface area contributed by atoms with Gasteiger partial charge in [0.2, 0.25) is 0 Å². The molecule has 12 aromatic rings. The lowest BCUT2D eigenvalue weighted by molar-refractivity contribution is 1.16. The zero-order chi connectivity index (χ0) is 43.4. The van der Waals surface area contributed by atoms with E-state index in [4.69, 9.17) is 8.22 Å². The molecule has 0 aliphatic rings. The zero-order valence-electron chi connectivity index (χ0n) is 37.1. The van der Waals surface area contributed by atoms with Crippen LogP contribution >= 0.6 is 0 Å². The van der Waals surface area contributed by atoms with E-state index in [9.17, 15) is 0 Å². The van der Waals surface area contributed by atoms with Crippen molar-refractivity contribution in [2.24, 2.45) is 0 Å². The van der Waals surface area contributed by atoms with Gasteiger partial charge in [0.25, 0.3) is 0 Å². The van der Waals surface area contributed by atoms with Gasteiger partial charge in [-0.1, -0.05) is 109 Å². The van der Waals surface area contributed by atoms with Crippen LogP contribution in [-0.2, 0) is 0 Å².